The molecule has 3 rings (SSSR count). The van der Waals surface area contributed by atoms with Gasteiger partial charge >= 0.3 is 5.97 Å². The Labute approximate surface area is 179 Å². The van der Waals surface area contributed by atoms with E-state index < -0.39 is 36.0 Å². The lowest BCUT2D eigenvalue weighted by Gasteiger charge is -2.44. The zero-order valence-electron chi connectivity index (χ0n) is 17.1. The monoisotopic (exact) mass is 425 g/mol. The lowest BCUT2D eigenvalue weighted by atomic mass is 9.95. The van der Waals surface area contributed by atoms with Gasteiger partial charge in [0.05, 0.1) is 13.7 Å². The number of nitrogens with zero attached hydrogens (tertiary/aromatic N) is 2. The molecule has 2 amide bonds. The summed E-state index contributed by atoms with van der Waals surface area (Å²) in [6.07, 6.45) is -0.742. The van der Waals surface area contributed by atoms with Crippen molar-refractivity contribution in [2.75, 3.05) is 20.8 Å². The molecule has 0 aromatic heterocycles. The van der Waals surface area contributed by atoms with Gasteiger partial charge in [-0.15, -0.1) is 0 Å². The van der Waals surface area contributed by atoms with Crippen molar-refractivity contribution in [3.05, 3.63) is 71.8 Å². The Morgan fingerprint density at radius 3 is 2.23 bits per heavy atom. The van der Waals surface area contributed by atoms with Crippen molar-refractivity contribution in [2.45, 2.75) is 18.2 Å². The van der Waals surface area contributed by atoms with Crippen molar-refractivity contribution >= 4 is 23.5 Å². The van der Waals surface area contributed by atoms with E-state index in [0.29, 0.717) is 11.1 Å². The first-order valence-electron chi connectivity index (χ1n) is 9.56. The highest BCUT2D eigenvalue weighted by Crippen LogP contribution is 2.29. The summed E-state index contributed by atoms with van der Waals surface area (Å²) in [4.78, 5) is 39.1. The second-order valence-corrected chi connectivity index (χ2v) is 6.87. The van der Waals surface area contributed by atoms with Gasteiger partial charge in [-0.2, -0.15) is 0 Å². The number of β-lactam (4-membered cyclic amide) rings is 1. The van der Waals surface area contributed by atoms with Crippen LogP contribution in [0.3, 0.4) is 0 Å². The van der Waals surface area contributed by atoms with Gasteiger partial charge in [-0.3, -0.25) is 9.59 Å². The molecule has 1 fully saturated rings. The first-order valence-corrected chi connectivity index (χ1v) is 9.56. The van der Waals surface area contributed by atoms with Crippen LogP contribution in [-0.4, -0.2) is 66.5 Å². The number of esters is 1. The van der Waals surface area contributed by atoms with E-state index in [1.54, 1.807) is 54.6 Å². The van der Waals surface area contributed by atoms with Crippen LogP contribution in [0.5, 0.6) is 0 Å². The molecule has 0 bridgehead atoms. The molecule has 0 radical (unpaired) electrons. The molecule has 1 aliphatic rings. The van der Waals surface area contributed by atoms with E-state index in [4.69, 9.17) is 9.47 Å². The number of ether oxygens (including phenoxy) is 2. The van der Waals surface area contributed by atoms with Crippen molar-refractivity contribution < 1.29 is 29.1 Å². The minimum absolute atomic E-state index is 0.0739. The molecule has 9 nitrogen and oxygen atoms in total. The second-order valence-electron chi connectivity index (χ2n) is 6.87. The molecule has 162 valence electrons. The molecule has 0 saturated carbocycles. The van der Waals surface area contributed by atoms with Crippen molar-refractivity contribution in [1.82, 2.24) is 10.2 Å². The number of carbonyl (C=O) groups excluding carboxylic acids is 3. The van der Waals surface area contributed by atoms with E-state index in [1.165, 1.54) is 19.1 Å². The second kappa shape index (κ2) is 9.86. The molecule has 2 N–H and O–H groups in total. The largest absolute Gasteiger partial charge is 0.467 e. The molecule has 2 aromatic rings. The SMILES string of the molecule is COC(=O)C(C(OC)c1ccccc1)N1CC(NC(=O)/C(=N/O)c2ccccc2)C1=O. The van der Waals surface area contributed by atoms with Crippen LogP contribution in [0.25, 0.3) is 0 Å². The molecular formula is C22H23N3O6. The van der Waals surface area contributed by atoms with E-state index in [-0.39, 0.29) is 12.3 Å². The number of methoxy groups -OCH3 is 2. The Balaban J connectivity index is 1.74. The van der Waals surface area contributed by atoms with E-state index in [1.807, 2.05) is 6.07 Å². The van der Waals surface area contributed by atoms with E-state index in [2.05, 4.69) is 10.5 Å². The summed E-state index contributed by atoms with van der Waals surface area (Å²) >= 11 is 0. The number of benzene rings is 2. The Morgan fingerprint density at radius 1 is 1.10 bits per heavy atom. The quantitative estimate of drug-likeness (QED) is 0.215. The van der Waals surface area contributed by atoms with Crippen LogP contribution in [-0.2, 0) is 23.9 Å². The fraction of sp³-hybridized carbons (Fsp3) is 0.273. The molecular weight excluding hydrogens is 402 g/mol. The summed E-state index contributed by atoms with van der Waals surface area (Å²) in [5, 5.41) is 14.8. The summed E-state index contributed by atoms with van der Waals surface area (Å²) in [5.74, 6) is -1.80. The fourth-order valence-corrected chi connectivity index (χ4v) is 3.49. The van der Waals surface area contributed by atoms with Crippen molar-refractivity contribution in [1.29, 1.82) is 0 Å². The Bertz CT molecular complexity index is 964. The maximum Gasteiger partial charge on any atom is 0.331 e. The van der Waals surface area contributed by atoms with Crippen molar-refractivity contribution in [2.24, 2.45) is 5.16 Å². The summed E-state index contributed by atoms with van der Waals surface area (Å²) in [7, 11) is 2.68. The van der Waals surface area contributed by atoms with Gasteiger partial charge in [0, 0.05) is 12.7 Å². The molecule has 1 aliphatic heterocycles. The smallest absolute Gasteiger partial charge is 0.331 e. The number of rotatable bonds is 8. The van der Waals surface area contributed by atoms with Crippen LogP contribution in [0.4, 0.5) is 0 Å². The van der Waals surface area contributed by atoms with Crippen LogP contribution in [0, 0.1) is 0 Å². The average Bonchev–Trinajstić information content (AvgIpc) is 2.81. The highest BCUT2D eigenvalue weighted by atomic mass is 16.5. The van der Waals surface area contributed by atoms with Crippen LogP contribution in [0.15, 0.2) is 65.8 Å². The first kappa shape index (κ1) is 22.0. The standard InChI is InChI=1S/C22H23N3O6/c1-30-19(15-11-7-4-8-12-15)18(22(28)31-2)25-13-16(21(25)27)23-20(26)17(24-29)14-9-5-3-6-10-14/h3-12,16,18-19,29H,13H2,1-2H3,(H,23,26)/b24-17+. The van der Waals surface area contributed by atoms with Crippen molar-refractivity contribution in [3.63, 3.8) is 0 Å². The molecule has 0 aliphatic carbocycles. The van der Waals surface area contributed by atoms with Gasteiger partial charge in [0.25, 0.3) is 5.91 Å². The predicted octanol–water partition coefficient (Wildman–Crippen LogP) is 1.12. The maximum atomic E-state index is 12.8. The number of hydrogen-bond acceptors (Lipinski definition) is 7. The summed E-state index contributed by atoms with van der Waals surface area (Å²) in [6, 6.07) is 15.5. The third-order valence-electron chi connectivity index (χ3n) is 5.08. The van der Waals surface area contributed by atoms with Crippen LogP contribution in [0.2, 0.25) is 0 Å². The number of carbonyl (C=O) groups is 3. The topological polar surface area (TPSA) is 118 Å². The van der Waals surface area contributed by atoms with Gasteiger partial charge < -0.3 is 24.9 Å². The van der Waals surface area contributed by atoms with E-state index >= 15 is 0 Å². The van der Waals surface area contributed by atoms with Crippen molar-refractivity contribution in [3.8, 4) is 0 Å². The molecule has 3 atom stereocenters. The third-order valence-corrected chi connectivity index (χ3v) is 5.08. The zero-order chi connectivity index (χ0) is 22.4. The van der Waals surface area contributed by atoms with Crippen LogP contribution >= 0.6 is 0 Å². The molecule has 31 heavy (non-hydrogen) atoms. The first-order chi connectivity index (χ1) is 15.0. The number of amides is 2. The van der Waals surface area contributed by atoms with Gasteiger partial charge in [0.1, 0.15) is 12.1 Å². The van der Waals surface area contributed by atoms with Crippen LogP contribution in [0.1, 0.15) is 17.2 Å². The molecule has 3 unspecified atom stereocenters. The predicted molar refractivity (Wildman–Crippen MR) is 110 cm³/mol. The molecule has 1 heterocycles. The zero-order valence-corrected chi connectivity index (χ0v) is 17.1. The highest BCUT2D eigenvalue weighted by Gasteiger charge is 2.48. The average molecular weight is 425 g/mol. The lowest BCUT2D eigenvalue weighted by molar-refractivity contribution is -0.168. The Hall–Kier alpha value is -3.72. The van der Waals surface area contributed by atoms with Gasteiger partial charge in [0.2, 0.25) is 5.91 Å². The van der Waals surface area contributed by atoms with Gasteiger partial charge in [-0.25, -0.2) is 4.79 Å². The van der Waals surface area contributed by atoms with Crippen LogP contribution < -0.4 is 5.32 Å². The molecule has 2 aromatic carbocycles. The normalized spacial score (nSPS) is 18.0. The Morgan fingerprint density at radius 2 is 1.71 bits per heavy atom. The number of oxime groups is 1. The third kappa shape index (κ3) is 4.56. The minimum Gasteiger partial charge on any atom is -0.467 e. The van der Waals surface area contributed by atoms with Gasteiger partial charge in [-0.1, -0.05) is 65.8 Å². The van der Waals surface area contributed by atoms with Gasteiger partial charge in [0.15, 0.2) is 11.8 Å². The lowest BCUT2D eigenvalue weighted by Crippen LogP contribution is -2.69. The van der Waals surface area contributed by atoms with E-state index in [0.717, 1.165) is 0 Å². The molecule has 0 spiro atoms. The fourth-order valence-electron chi connectivity index (χ4n) is 3.49. The summed E-state index contributed by atoms with van der Waals surface area (Å²) < 4.78 is 10.4. The van der Waals surface area contributed by atoms with E-state index in [9.17, 15) is 19.6 Å². The maximum absolute atomic E-state index is 12.8. The number of likely N-dealkylation sites (tertiary alicyclic amines) is 1. The summed E-state index contributed by atoms with van der Waals surface area (Å²) in [5.41, 5.74) is 0.900. The Kier molecular flexibility index (Phi) is 6.99. The minimum atomic E-state index is -1.02. The highest BCUT2D eigenvalue weighted by molar-refractivity contribution is 6.45. The molecule has 1 saturated heterocycles. The summed E-state index contributed by atoms with van der Waals surface area (Å²) in [6.45, 7) is 0.0739. The number of hydrogen-bond donors (Lipinski definition) is 2. The molecule has 9 heteroatoms. The van der Waals surface area contributed by atoms with Gasteiger partial charge in [-0.05, 0) is 5.56 Å². The number of nitrogens with one attached hydrogen (secondary N) is 1.